The standard InChI is InChI=1S/C61H54F3N4O.Pt/c1-58(2,3)42-30-43(59(4,5)6)32-45(31-42)67-38-66(53-27-15-16-28-54(53)67)44-23-18-24-46(33-44)69-47-34-49(40-21-17-22-41(29-40)61(62,63)64)57-48-25-13-14-26-52(48)68(55(57)35-47)56-36-51(60(7,8)9)50(37-65-56)39-19-11-10-12-20-39;/h10-32,34,36-38H,1-9H3;/q-3;. The van der Waals surface area contributed by atoms with E-state index >= 15 is 0 Å². The summed E-state index contributed by atoms with van der Waals surface area (Å²) in [5.74, 6) is 1.37. The van der Waals surface area contributed by atoms with Crippen LogP contribution >= 0.6 is 0 Å². The molecule has 2 aromatic heterocycles. The molecular formula is C61H54F3N4OPt-3. The van der Waals surface area contributed by atoms with Gasteiger partial charge in [-0.05, 0) is 98.0 Å². The monoisotopic (exact) mass is 1110 g/mol. The smallest absolute Gasteiger partial charge is 0.416 e. The van der Waals surface area contributed by atoms with Crippen molar-refractivity contribution in [1.29, 1.82) is 0 Å². The fraction of sp³-hybridized carbons (Fsp3) is 0.213. The van der Waals surface area contributed by atoms with Gasteiger partial charge in [-0.3, -0.25) is 0 Å². The van der Waals surface area contributed by atoms with Crippen LogP contribution < -0.4 is 14.5 Å². The van der Waals surface area contributed by atoms with Gasteiger partial charge in [-0.25, -0.2) is 4.98 Å². The summed E-state index contributed by atoms with van der Waals surface area (Å²) in [6.07, 6.45) is -2.63. The largest absolute Gasteiger partial charge is 0.509 e. The number of halogens is 3. The number of rotatable bonds is 7. The number of hydrogen-bond donors (Lipinski definition) is 0. The van der Waals surface area contributed by atoms with E-state index in [1.807, 2.05) is 77.5 Å². The molecule has 9 aromatic rings. The Bertz CT molecular complexity index is 3380. The molecule has 0 radical (unpaired) electrons. The summed E-state index contributed by atoms with van der Waals surface area (Å²) in [4.78, 5) is 9.45. The number of aromatic nitrogens is 2. The van der Waals surface area contributed by atoms with E-state index in [2.05, 4.69) is 146 Å². The minimum atomic E-state index is -4.54. The molecule has 0 amide bonds. The maximum absolute atomic E-state index is 14.4. The van der Waals surface area contributed by atoms with Crippen LogP contribution in [-0.2, 0) is 43.5 Å². The van der Waals surface area contributed by atoms with Crippen molar-refractivity contribution in [1.82, 2.24) is 9.55 Å². The van der Waals surface area contributed by atoms with Crippen LogP contribution in [0.4, 0.5) is 35.9 Å². The average molecular weight is 1110 g/mol. The number of benzene rings is 7. The van der Waals surface area contributed by atoms with Gasteiger partial charge in [0.2, 0.25) is 0 Å². The maximum atomic E-state index is 14.4. The topological polar surface area (TPSA) is 33.5 Å². The molecule has 0 spiro atoms. The Hall–Kier alpha value is -6.63. The van der Waals surface area contributed by atoms with Crippen LogP contribution in [0, 0.1) is 18.8 Å². The summed E-state index contributed by atoms with van der Waals surface area (Å²) in [6, 6.07) is 55.6. The maximum Gasteiger partial charge on any atom is 0.416 e. The fourth-order valence-electron chi connectivity index (χ4n) is 9.29. The van der Waals surface area contributed by atoms with E-state index in [9.17, 15) is 13.2 Å². The Morgan fingerprint density at radius 3 is 1.84 bits per heavy atom. The molecule has 0 bridgehead atoms. The van der Waals surface area contributed by atoms with Crippen LogP contribution in [0.2, 0.25) is 0 Å². The van der Waals surface area contributed by atoms with Gasteiger partial charge in [0.15, 0.2) is 0 Å². The molecule has 0 N–H and O–H groups in total. The number of hydrogen-bond acceptors (Lipinski definition) is 4. The van der Waals surface area contributed by atoms with Crippen molar-refractivity contribution in [2.24, 2.45) is 0 Å². The predicted octanol–water partition coefficient (Wildman–Crippen LogP) is 17.2. The van der Waals surface area contributed by atoms with Crippen molar-refractivity contribution >= 4 is 44.6 Å². The van der Waals surface area contributed by atoms with Gasteiger partial charge < -0.3 is 19.1 Å². The van der Waals surface area contributed by atoms with Crippen LogP contribution in [0.1, 0.15) is 84.6 Å². The second-order valence-corrected chi connectivity index (χ2v) is 21.0. The third kappa shape index (κ3) is 9.15. The Labute approximate surface area is 423 Å². The number of alkyl halides is 3. The summed E-state index contributed by atoms with van der Waals surface area (Å²) in [5.41, 5.74) is 10.8. The van der Waals surface area contributed by atoms with Gasteiger partial charge in [-0.15, -0.1) is 48.3 Å². The van der Waals surface area contributed by atoms with Crippen molar-refractivity contribution in [2.45, 2.75) is 84.7 Å². The Morgan fingerprint density at radius 2 is 1.17 bits per heavy atom. The number of nitrogens with zero attached hydrogens (tertiary/aromatic N) is 4. The molecule has 0 unspecified atom stereocenters. The molecule has 1 aliphatic heterocycles. The summed E-state index contributed by atoms with van der Waals surface area (Å²) in [7, 11) is 0. The first kappa shape index (κ1) is 48.4. The molecular weight excluding hydrogens is 1060 g/mol. The zero-order valence-electron chi connectivity index (χ0n) is 40.7. The zero-order chi connectivity index (χ0) is 48.6. The third-order valence-corrected chi connectivity index (χ3v) is 13.0. The van der Waals surface area contributed by atoms with E-state index in [1.165, 1.54) is 23.3 Å². The number of anilines is 4. The molecule has 0 fully saturated rings. The Morgan fingerprint density at radius 1 is 0.543 bits per heavy atom. The van der Waals surface area contributed by atoms with E-state index in [1.54, 1.807) is 12.1 Å². The van der Waals surface area contributed by atoms with Gasteiger partial charge in [0, 0.05) is 66.9 Å². The molecule has 10 rings (SSSR count). The molecule has 0 aliphatic carbocycles. The molecule has 5 nitrogen and oxygen atoms in total. The quantitative estimate of drug-likeness (QED) is 0.149. The number of fused-ring (bicyclic) bond motifs is 4. The fourth-order valence-corrected chi connectivity index (χ4v) is 9.29. The van der Waals surface area contributed by atoms with E-state index in [-0.39, 0.29) is 37.3 Å². The summed E-state index contributed by atoms with van der Waals surface area (Å²) < 4.78 is 52.0. The minimum Gasteiger partial charge on any atom is -0.509 e. The zero-order valence-corrected chi connectivity index (χ0v) is 43.0. The minimum absolute atomic E-state index is 0. The second-order valence-electron chi connectivity index (χ2n) is 21.0. The molecule has 9 heteroatoms. The van der Waals surface area contributed by atoms with Gasteiger partial charge in [0.05, 0.1) is 5.56 Å². The Kier molecular flexibility index (Phi) is 12.4. The van der Waals surface area contributed by atoms with Crippen molar-refractivity contribution in [3.8, 4) is 39.6 Å². The van der Waals surface area contributed by atoms with Crippen LogP contribution in [0.15, 0.2) is 158 Å². The molecule has 0 saturated carbocycles. The van der Waals surface area contributed by atoms with Crippen molar-refractivity contribution in [3.05, 3.63) is 199 Å². The van der Waals surface area contributed by atoms with E-state index in [0.29, 0.717) is 34.0 Å². The van der Waals surface area contributed by atoms with E-state index in [0.717, 1.165) is 61.8 Å². The molecule has 358 valence electrons. The van der Waals surface area contributed by atoms with E-state index in [4.69, 9.17) is 9.72 Å². The molecule has 70 heavy (non-hydrogen) atoms. The van der Waals surface area contributed by atoms with Crippen molar-refractivity contribution in [3.63, 3.8) is 0 Å². The van der Waals surface area contributed by atoms with Gasteiger partial charge in [-0.1, -0.05) is 152 Å². The molecule has 3 heterocycles. The van der Waals surface area contributed by atoms with Gasteiger partial charge >= 0.3 is 6.18 Å². The molecule has 0 saturated heterocycles. The van der Waals surface area contributed by atoms with Crippen LogP contribution in [0.5, 0.6) is 11.5 Å². The number of pyridine rings is 1. The first-order chi connectivity index (χ1) is 32.7. The molecule has 1 aliphatic rings. The first-order valence-corrected chi connectivity index (χ1v) is 23.3. The van der Waals surface area contributed by atoms with Crippen molar-refractivity contribution < 1.29 is 39.0 Å². The molecule has 0 atom stereocenters. The molecule has 7 aromatic carbocycles. The summed E-state index contributed by atoms with van der Waals surface area (Å²) in [5, 5.41) is 1.58. The first-order valence-electron chi connectivity index (χ1n) is 23.3. The summed E-state index contributed by atoms with van der Waals surface area (Å²) in [6.45, 7) is 22.1. The second kappa shape index (κ2) is 18.0. The normalized spacial score (nSPS) is 13.2. The predicted molar refractivity (Wildman–Crippen MR) is 276 cm³/mol. The van der Waals surface area contributed by atoms with Crippen molar-refractivity contribution in [2.75, 3.05) is 9.80 Å². The van der Waals surface area contributed by atoms with Gasteiger partial charge in [0.25, 0.3) is 0 Å². The van der Waals surface area contributed by atoms with Crippen LogP contribution in [0.25, 0.3) is 49.9 Å². The van der Waals surface area contributed by atoms with Gasteiger partial charge in [-0.2, -0.15) is 19.2 Å². The van der Waals surface area contributed by atoms with Crippen LogP contribution in [0.3, 0.4) is 0 Å². The number of ether oxygens (including phenoxy) is 1. The Balaban J connectivity index is 0.00000608. The van der Waals surface area contributed by atoms with Crippen LogP contribution in [-0.4, -0.2) is 9.55 Å². The average Bonchev–Trinajstić information content (AvgIpc) is 3.87. The third-order valence-electron chi connectivity index (χ3n) is 13.0. The van der Waals surface area contributed by atoms with Gasteiger partial charge in [0.1, 0.15) is 5.82 Å². The SMILES string of the molecule is CC(C)(C)c1cc(N2[CH-]N(c3[c-]c(Oc4[c-]c5c(c(-c6cccc(C(F)(F)F)c6)c4)c4ccccc4n5-c4cc(C(C)(C)C)c(-c5ccccc5)cn4)ccc3)c3ccccc32)cc(C(C)(C)C)c1.[Pt]. The van der Waals surface area contributed by atoms with E-state index < -0.39 is 11.7 Å². The number of para-hydroxylation sites is 3. The summed E-state index contributed by atoms with van der Waals surface area (Å²) >= 11 is 0.